The smallest absolute Gasteiger partial charge is 0.309 e. The molecule has 0 aromatic heterocycles. The third kappa shape index (κ3) is 4.81. The number of ether oxygens (including phenoxy) is 1. The zero-order valence-corrected chi connectivity index (χ0v) is 10.0. The molecule has 0 spiro atoms. The zero-order chi connectivity index (χ0) is 12.2. The van der Waals surface area contributed by atoms with Crippen LogP contribution in [0.3, 0.4) is 0 Å². The summed E-state index contributed by atoms with van der Waals surface area (Å²) in [6.45, 7) is 8.44. The fraction of sp³-hybridized carbons (Fsp3) is 0.818. The van der Waals surface area contributed by atoms with Crippen molar-refractivity contribution in [1.29, 1.82) is 0 Å². The van der Waals surface area contributed by atoms with Gasteiger partial charge in [-0.2, -0.15) is 0 Å². The molecule has 4 nitrogen and oxygen atoms in total. The third-order valence-electron chi connectivity index (χ3n) is 2.15. The Bertz CT molecular complexity index is 243. The van der Waals surface area contributed by atoms with Crippen LogP contribution in [-0.4, -0.2) is 23.1 Å². The van der Waals surface area contributed by atoms with Crippen molar-refractivity contribution in [2.75, 3.05) is 0 Å². The first-order valence-corrected chi connectivity index (χ1v) is 5.10. The molecule has 4 heteroatoms. The van der Waals surface area contributed by atoms with Crippen molar-refractivity contribution in [2.45, 2.75) is 47.1 Å². The highest BCUT2D eigenvalue weighted by atomic mass is 16.5. The monoisotopic (exact) mass is 216 g/mol. The average Bonchev–Trinajstić information content (AvgIpc) is 2.01. The van der Waals surface area contributed by atoms with Crippen LogP contribution in [0.1, 0.15) is 41.0 Å². The highest BCUT2D eigenvalue weighted by Gasteiger charge is 2.32. The van der Waals surface area contributed by atoms with Crippen molar-refractivity contribution in [3.63, 3.8) is 0 Å². The molecule has 0 rings (SSSR count). The Balaban J connectivity index is 4.30. The minimum Gasteiger partial charge on any atom is -0.481 e. The standard InChI is InChI=1S/C11H20O4/c1-7(2)15-9(12)8(3)6-11(4,5)10(13)14/h7-8H,6H2,1-5H3,(H,13,14)/t8-/m0/s1. The summed E-state index contributed by atoms with van der Waals surface area (Å²) < 4.78 is 5.01. The van der Waals surface area contributed by atoms with Crippen molar-refractivity contribution in [3.8, 4) is 0 Å². The Kier molecular flexibility index (Phi) is 4.78. The molecule has 0 saturated carbocycles. The average molecular weight is 216 g/mol. The topological polar surface area (TPSA) is 63.6 Å². The molecule has 0 aliphatic heterocycles. The summed E-state index contributed by atoms with van der Waals surface area (Å²) >= 11 is 0. The number of hydrogen-bond donors (Lipinski definition) is 1. The highest BCUT2D eigenvalue weighted by Crippen LogP contribution is 2.26. The number of rotatable bonds is 5. The van der Waals surface area contributed by atoms with Gasteiger partial charge in [0.2, 0.25) is 0 Å². The van der Waals surface area contributed by atoms with E-state index in [-0.39, 0.29) is 18.5 Å². The van der Waals surface area contributed by atoms with Crippen LogP contribution in [0.15, 0.2) is 0 Å². The molecule has 0 unspecified atom stereocenters. The predicted octanol–water partition coefficient (Wildman–Crippen LogP) is 2.07. The molecule has 0 aromatic carbocycles. The van der Waals surface area contributed by atoms with Crippen LogP contribution in [0.5, 0.6) is 0 Å². The molecule has 1 N–H and O–H groups in total. The molecule has 88 valence electrons. The summed E-state index contributed by atoms with van der Waals surface area (Å²) in [5, 5.41) is 8.90. The van der Waals surface area contributed by atoms with E-state index in [9.17, 15) is 9.59 Å². The van der Waals surface area contributed by atoms with Gasteiger partial charge < -0.3 is 9.84 Å². The molecule has 1 atom stereocenters. The Labute approximate surface area is 90.6 Å². The van der Waals surface area contributed by atoms with E-state index in [2.05, 4.69) is 0 Å². The van der Waals surface area contributed by atoms with Crippen LogP contribution in [0, 0.1) is 11.3 Å². The molecular formula is C11H20O4. The molecule has 0 bridgehead atoms. The Morgan fingerprint density at radius 2 is 1.73 bits per heavy atom. The van der Waals surface area contributed by atoms with Gasteiger partial charge in [-0.3, -0.25) is 9.59 Å². The molecule has 0 aromatic rings. The van der Waals surface area contributed by atoms with E-state index in [1.807, 2.05) is 0 Å². The van der Waals surface area contributed by atoms with E-state index in [1.165, 1.54) is 0 Å². The largest absolute Gasteiger partial charge is 0.481 e. The summed E-state index contributed by atoms with van der Waals surface area (Å²) in [6.07, 6.45) is 0.126. The number of aliphatic carboxylic acids is 1. The first kappa shape index (κ1) is 13.9. The lowest BCUT2D eigenvalue weighted by molar-refractivity contribution is -0.155. The second kappa shape index (κ2) is 5.14. The maximum atomic E-state index is 11.4. The first-order chi connectivity index (χ1) is 6.66. The number of carbonyl (C=O) groups excluding carboxylic acids is 1. The number of carbonyl (C=O) groups is 2. The van der Waals surface area contributed by atoms with Gasteiger partial charge in [-0.1, -0.05) is 6.92 Å². The zero-order valence-electron chi connectivity index (χ0n) is 10.0. The van der Waals surface area contributed by atoms with Gasteiger partial charge in [0.15, 0.2) is 0 Å². The third-order valence-corrected chi connectivity index (χ3v) is 2.15. The Hall–Kier alpha value is -1.06. The molecule has 15 heavy (non-hydrogen) atoms. The maximum Gasteiger partial charge on any atom is 0.309 e. The number of esters is 1. The van der Waals surface area contributed by atoms with Crippen molar-refractivity contribution >= 4 is 11.9 Å². The minimum absolute atomic E-state index is 0.159. The van der Waals surface area contributed by atoms with Crippen molar-refractivity contribution in [2.24, 2.45) is 11.3 Å². The summed E-state index contributed by atoms with van der Waals surface area (Å²) in [6, 6.07) is 0. The molecule has 0 aliphatic carbocycles. The number of carboxylic acid groups (broad SMARTS) is 1. The second-order valence-corrected chi connectivity index (χ2v) is 4.78. The van der Waals surface area contributed by atoms with Crippen LogP contribution < -0.4 is 0 Å². The van der Waals surface area contributed by atoms with Crippen molar-refractivity contribution in [1.82, 2.24) is 0 Å². The first-order valence-electron chi connectivity index (χ1n) is 5.10. The van der Waals surface area contributed by atoms with E-state index in [1.54, 1.807) is 34.6 Å². The van der Waals surface area contributed by atoms with Gasteiger partial charge in [0.25, 0.3) is 0 Å². The van der Waals surface area contributed by atoms with E-state index in [0.717, 1.165) is 0 Å². The Morgan fingerprint density at radius 1 is 1.27 bits per heavy atom. The van der Waals surface area contributed by atoms with E-state index in [0.29, 0.717) is 0 Å². The van der Waals surface area contributed by atoms with Crippen LogP contribution in [0.2, 0.25) is 0 Å². The molecule has 0 aliphatic rings. The van der Waals surface area contributed by atoms with Crippen LogP contribution in [0.25, 0.3) is 0 Å². The quantitative estimate of drug-likeness (QED) is 0.714. The molecule has 0 radical (unpaired) electrons. The van der Waals surface area contributed by atoms with E-state index >= 15 is 0 Å². The number of carboxylic acids is 1. The second-order valence-electron chi connectivity index (χ2n) is 4.78. The molecule has 0 saturated heterocycles. The SMILES string of the molecule is CC(C)OC(=O)[C@@H](C)CC(C)(C)C(=O)O. The highest BCUT2D eigenvalue weighted by molar-refractivity contribution is 5.76. The maximum absolute atomic E-state index is 11.4. The molecular weight excluding hydrogens is 196 g/mol. The van der Waals surface area contributed by atoms with Crippen LogP contribution in [0.4, 0.5) is 0 Å². The van der Waals surface area contributed by atoms with Gasteiger partial charge in [0, 0.05) is 0 Å². The lowest BCUT2D eigenvalue weighted by Crippen LogP contribution is -2.30. The molecule has 0 heterocycles. The fourth-order valence-corrected chi connectivity index (χ4v) is 1.28. The summed E-state index contributed by atoms with van der Waals surface area (Å²) in [7, 11) is 0. The lowest BCUT2D eigenvalue weighted by atomic mass is 9.83. The van der Waals surface area contributed by atoms with Gasteiger partial charge in [0.05, 0.1) is 17.4 Å². The van der Waals surface area contributed by atoms with Gasteiger partial charge in [-0.25, -0.2) is 0 Å². The molecule has 0 fully saturated rings. The molecule has 0 amide bonds. The summed E-state index contributed by atoms with van der Waals surface area (Å²) in [5.74, 6) is -1.62. The fourth-order valence-electron chi connectivity index (χ4n) is 1.28. The predicted molar refractivity (Wildman–Crippen MR) is 56.4 cm³/mol. The van der Waals surface area contributed by atoms with Gasteiger partial charge in [0.1, 0.15) is 0 Å². The van der Waals surface area contributed by atoms with Crippen molar-refractivity contribution in [3.05, 3.63) is 0 Å². The van der Waals surface area contributed by atoms with Gasteiger partial charge in [-0.05, 0) is 34.1 Å². The minimum atomic E-state index is -0.897. The van der Waals surface area contributed by atoms with E-state index < -0.39 is 17.3 Å². The van der Waals surface area contributed by atoms with Crippen LogP contribution >= 0.6 is 0 Å². The Morgan fingerprint density at radius 3 is 2.07 bits per heavy atom. The van der Waals surface area contributed by atoms with Gasteiger partial charge in [-0.15, -0.1) is 0 Å². The normalized spacial score (nSPS) is 13.7. The summed E-state index contributed by atoms with van der Waals surface area (Å²) in [5.41, 5.74) is -0.893. The van der Waals surface area contributed by atoms with Gasteiger partial charge >= 0.3 is 11.9 Å². The van der Waals surface area contributed by atoms with Crippen molar-refractivity contribution < 1.29 is 19.4 Å². The summed E-state index contributed by atoms with van der Waals surface area (Å²) in [4.78, 5) is 22.3. The lowest BCUT2D eigenvalue weighted by Gasteiger charge is -2.23. The van der Waals surface area contributed by atoms with Crippen LogP contribution in [-0.2, 0) is 14.3 Å². The number of hydrogen-bond acceptors (Lipinski definition) is 3. The van der Waals surface area contributed by atoms with E-state index in [4.69, 9.17) is 9.84 Å².